The molecule has 3 rings (SSSR count). The van der Waals surface area contributed by atoms with Crippen LogP contribution >= 0.6 is 11.3 Å². The summed E-state index contributed by atoms with van der Waals surface area (Å²) < 4.78 is 1.36. The van der Waals surface area contributed by atoms with Crippen molar-refractivity contribution in [2.45, 2.75) is 34.6 Å². The lowest BCUT2D eigenvalue weighted by Crippen LogP contribution is -1.87. The number of hydrogen-bond donors (Lipinski definition) is 0. The van der Waals surface area contributed by atoms with E-state index >= 15 is 0 Å². The van der Waals surface area contributed by atoms with Crippen LogP contribution in [0.4, 0.5) is 0 Å². The van der Waals surface area contributed by atoms with Gasteiger partial charge in [0.1, 0.15) is 0 Å². The number of hydrogen-bond acceptors (Lipinski definition) is 1. The molecular weight excluding hydrogens is 332 g/mol. The van der Waals surface area contributed by atoms with E-state index in [-0.39, 0.29) is 0 Å². The molecular formula is C25H30S. The minimum Gasteiger partial charge on any atom is -0.135 e. The topological polar surface area (TPSA) is 0 Å². The molecule has 1 aromatic heterocycles. The lowest BCUT2D eigenvalue weighted by atomic mass is 9.95. The molecule has 0 saturated carbocycles. The van der Waals surface area contributed by atoms with Gasteiger partial charge in [-0.2, -0.15) is 0 Å². The van der Waals surface area contributed by atoms with Gasteiger partial charge in [0.05, 0.1) is 0 Å². The van der Waals surface area contributed by atoms with Crippen LogP contribution in [0.25, 0.3) is 33.4 Å². The maximum absolute atomic E-state index is 3.99. The van der Waals surface area contributed by atoms with Crippen LogP contribution in [0.5, 0.6) is 0 Å². The average Bonchev–Trinajstić information content (AvgIpc) is 3.05. The smallest absolute Gasteiger partial charge is 0.0390 e. The van der Waals surface area contributed by atoms with Gasteiger partial charge >= 0.3 is 0 Å². The largest absolute Gasteiger partial charge is 0.135 e. The fourth-order valence-corrected chi connectivity index (χ4v) is 4.26. The van der Waals surface area contributed by atoms with Crippen LogP contribution in [0.15, 0.2) is 62.2 Å². The van der Waals surface area contributed by atoms with E-state index in [1.807, 2.05) is 31.3 Å². The highest BCUT2D eigenvalue weighted by molar-refractivity contribution is 7.20. The molecule has 0 bridgehead atoms. The minimum atomic E-state index is 1.25. The monoisotopic (exact) mass is 362 g/mol. The van der Waals surface area contributed by atoms with Gasteiger partial charge in [0.2, 0.25) is 0 Å². The van der Waals surface area contributed by atoms with Gasteiger partial charge in [0, 0.05) is 15.0 Å². The van der Waals surface area contributed by atoms with Gasteiger partial charge in [-0.3, -0.25) is 0 Å². The van der Waals surface area contributed by atoms with Crippen molar-refractivity contribution in [3.8, 4) is 11.1 Å². The first-order valence-electron chi connectivity index (χ1n) is 9.04. The Bertz CT molecular complexity index is 894. The zero-order valence-corrected chi connectivity index (χ0v) is 17.5. The van der Waals surface area contributed by atoms with Gasteiger partial charge in [-0.05, 0) is 54.7 Å². The molecule has 0 amide bonds. The molecule has 1 heterocycles. The van der Waals surface area contributed by atoms with Crippen molar-refractivity contribution in [1.29, 1.82) is 0 Å². The summed E-state index contributed by atoms with van der Waals surface area (Å²) in [7, 11) is 0. The summed E-state index contributed by atoms with van der Waals surface area (Å²) in [5.41, 5.74) is 6.57. The molecule has 136 valence electrons. The highest BCUT2D eigenvalue weighted by Gasteiger charge is 2.13. The molecule has 1 heteroatoms. The third-order valence-corrected chi connectivity index (χ3v) is 5.44. The van der Waals surface area contributed by atoms with Crippen molar-refractivity contribution in [1.82, 2.24) is 0 Å². The molecule has 0 radical (unpaired) electrons. The van der Waals surface area contributed by atoms with Crippen molar-refractivity contribution >= 4 is 33.6 Å². The van der Waals surface area contributed by atoms with E-state index in [4.69, 9.17) is 0 Å². The number of benzene rings is 2. The lowest BCUT2D eigenvalue weighted by molar-refractivity contribution is 1.44. The maximum atomic E-state index is 3.99. The molecule has 0 atom stereocenters. The van der Waals surface area contributed by atoms with Crippen LogP contribution in [0.3, 0.4) is 0 Å². The zero-order chi connectivity index (χ0) is 19.7. The molecule has 0 spiro atoms. The van der Waals surface area contributed by atoms with Crippen LogP contribution < -0.4 is 0 Å². The van der Waals surface area contributed by atoms with Crippen LogP contribution in [-0.2, 0) is 0 Å². The number of rotatable bonds is 3. The molecule has 0 saturated heterocycles. The Labute approximate surface area is 163 Å². The Morgan fingerprint density at radius 2 is 1.58 bits per heavy atom. The molecule has 2 aromatic carbocycles. The van der Waals surface area contributed by atoms with E-state index in [2.05, 4.69) is 89.1 Å². The molecule has 3 aromatic rings. The summed E-state index contributed by atoms with van der Waals surface area (Å²) in [6.45, 7) is 20.5. The van der Waals surface area contributed by atoms with Crippen LogP contribution in [-0.4, -0.2) is 0 Å². The summed E-state index contributed by atoms with van der Waals surface area (Å²) in [4.78, 5) is 1.29. The van der Waals surface area contributed by atoms with Crippen molar-refractivity contribution in [2.75, 3.05) is 0 Å². The Balaban J connectivity index is 0.000000791. The minimum absolute atomic E-state index is 1.25. The molecule has 0 aliphatic carbocycles. The van der Waals surface area contributed by atoms with Crippen LogP contribution in [0, 0.1) is 13.8 Å². The fraction of sp³-hybridized carbons (Fsp3) is 0.200. The highest BCUT2D eigenvalue weighted by atomic mass is 32.1. The second-order valence-corrected chi connectivity index (χ2v) is 6.57. The van der Waals surface area contributed by atoms with E-state index in [9.17, 15) is 0 Å². The van der Waals surface area contributed by atoms with Crippen LogP contribution in [0.2, 0.25) is 0 Å². The van der Waals surface area contributed by atoms with E-state index in [0.717, 1.165) is 0 Å². The first kappa shape index (κ1) is 21.7. The van der Waals surface area contributed by atoms with Gasteiger partial charge in [0.15, 0.2) is 0 Å². The van der Waals surface area contributed by atoms with Crippen molar-refractivity contribution < 1.29 is 0 Å². The molecule has 0 fully saturated rings. The van der Waals surface area contributed by atoms with E-state index in [0.29, 0.717) is 0 Å². The average molecular weight is 363 g/mol. The fourth-order valence-electron chi connectivity index (χ4n) is 2.99. The third-order valence-electron chi connectivity index (χ3n) is 4.13. The lowest BCUT2D eigenvalue weighted by Gasteiger charge is -2.10. The number of allylic oxidation sites excluding steroid dienone is 1. The maximum Gasteiger partial charge on any atom is 0.0390 e. The summed E-state index contributed by atoms with van der Waals surface area (Å²) in [5, 5.41) is 1.31. The first-order chi connectivity index (χ1) is 12.7. The van der Waals surface area contributed by atoms with Crippen molar-refractivity contribution in [3.05, 3.63) is 83.8 Å². The summed E-state index contributed by atoms with van der Waals surface area (Å²) in [6, 6.07) is 13.1. The second-order valence-electron chi connectivity index (χ2n) is 5.51. The molecule has 0 nitrogen and oxygen atoms in total. The number of thiophene rings is 1. The molecule has 0 N–H and O–H groups in total. The summed E-state index contributed by atoms with van der Waals surface area (Å²) >= 11 is 1.86. The van der Waals surface area contributed by atoms with Gasteiger partial charge in [-0.25, -0.2) is 0 Å². The van der Waals surface area contributed by atoms with Crippen molar-refractivity contribution in [2.24, 2.45) is 0 Å². The molecule has 0 unspecified atom stereocenters. The Morgan fingerprint density at radius 1 is 0.923 bits per heavy atom. The van der Waals surface area contributed by atoms with Gasteiger partial charge in [0.25, 0.3) is 0 Å². The van der Waals surface area contributed by atoms with E-state index in [1.165, 1.54) is 42.8 Å². The van der Waals surface area contributed by atoms with Crippen molar-refractivity contribution in [3.63, 3.8) is 0 Å². The first-order valence-corrected chi connectivity index (χ1v) is 9.86. The van der Waals surface area contributed by atoms with Gasteiger partial charge in [-0.15, -0.1) is 24.5 Å². The Hall–Kier alpha value is -2.38. The van der Waals surface area contributed by atoms with Gasteiger partial charge in [-0.1, -0.05) is 69.0 Å². The molecule has 0 aliphatic heterocycles. The predicted molar refractivity (Wildman–Crippen MR) is 124 cm³/mol. The quantitative estimate of drug-likeness (QED) is 0.409. The SMILES string of the molecule is C=C.C=Cc1c(/C=C\C)sc2c(C)c(-c3ccccc3C)ccc12.CC. The predicted octanol–water partition coefficient (Wildman–Crippen LogP) is 8.69. The normalized spacial score (nSPS) is 10.0. The molecule has 0 aliphatic rings. The summed E-state index contributed by atoms with van der Waals surface area (Å²) in [6.07, 6.45) is 6.24. The zero-order valence-electron chi connectivity index (χ0n) is 16.7. The standard InChI is InChI=1S/C21H20S.C2H6.C2H4/c1-5-9-20-16(6-2)19-13-12-18(15(4)21(19)22-20)17-11-8-7-10-14(17)3;2*1-2/h5-13H,2H2,1,3-4H3;1-2H3;1-2H2/b9-5-;;. The van der Waals surface area contributed by atoms with Crippen LogP contribution in [0.1, 0.15) is 42.3 Å². The number of aryl methyl sites for hydroxylation is 2. The Kier molecular flexibility index (Phi) is 8.81. The van der Waals surface area contributed by atoms with E-state index in [1.54, 1.807) is 0 Å². The van der Waals surface area contributed by atoms with Gasteiger partial charge < -0.3 is 0 Å². The van der Waals surface area contributed by atoms with E-state index < -0.39 is 0 Å². The second kappa shape index (κ2) is 10.6. The third kappa shape index (κ3) is 4.23. The molecule has 26 heavy (non-hydrogen) atoms. The Morgan fingerprint density at radius 3 is 2.15 bits per heavy atom. The number of fused-ring (bicyclic) bond motifs is 1. The summed E-state index contributed by atoms with van der Waals surface area (Å²) in [5.74, 6) is 0. The highest BCUT2D eigenvalue weighted by Crippen LogP contribution is 2.39.